The molecular weight excluding hydrogens is 341 g/mol. The van der Waals surface area contributed by atoms with Gasteiger partial charge in [-0.25, -0.2) is 4.39 Å². The third-order valence-corrected chi connectivity index (χ3v) is 3.28. The van der Waals surface area contributed by atoms with Crippen molar-refractivity contribution in [3.05, 3.63) is 32.5 Å². The van der Waals surface area contributed by atoms with Crippen LogP contribution in [0, 0.1) is 15.9 Å². The predicted molar refractivity (Wildman–Crippen MR) is 74.8 cm³/mol. The van der Waals surface area contributed by atoms with Crippen LogP contribution in [0.15, 0.2) is 21.5 Å². The first-order chi connectivity index (χ1) is 8.95. The van der Waals surface area contributed by atoms with Crippen LogP contribution >= 0.6 is 27.7 Å². The molecule has 0 saturated heterocycles. The zero-order valence-electron chi connectivity index (χ0n) is 10.6. The molecule has 1 rings (SSSR count). The Bertz CT molecular complexity index is 470. The van der Waals surface area contributed by atoms with Crippen LogP contribution in [0.25, 0.3) is 0 Å². The fraction of sp³-hybridized carbons (Fsp3) is 0.364. The Morgan fingerprint density at radius 3 is 2.58 bits per heavy atom. The van der Waals surface area contributed by atoms with E-state index in [1.165, 1.54) is 13.2 Å². The monoisotopic (exact) mass is 353 g/mol. The van der Waals surface area contributed by atoms with Crippen LogP contribution in [0.5, 0.6) is 0 Å². The number of carbonyl (C=O) groups excluding carboxylic acids is 1. The number of esters is 1. The molecule has 0 heterocycles. The Morgan fingerprint density at radius 2 is 2.11 bits per heavy atom. The Morgan fingerprint density at radius 1 is 1.53 bits per heavy atom. The van der Waals surface area contributed by atoms with Gasteiger partial charge in [-0.05, 0) is 6.07 Å². The number of ether oxygens (including phenoxy) is 1. The Labute approximate surface area is 122 Å². The fourth-order valence-corrected chi connectivity index (χ4v) is 2.29. The summed E-state index contributed by atoms with van der Waals surface area (Å²) in [5.41, 5.74) is -0.384. The molecule has 8 heteroatoms. The average Bonchev–Trinajstić information content (AvgIpc) is 2.38. The lowest BCUT2D eigenvalue weighted by atomic mass is 10.3. The number of rotatable bonds is 4. The predicted octanol–water partition coefficient (Wildman–Crippen LogP) is 3.79. The van der Waals surface area contributed by atoms with Gasteiger partial charge in [0.1, 0.15) is 10.7 Å². The summed E-state index contributed by atoms with van der Waals surface area (Å²) in [4.78, 5) is 20.8. The third kappa shape index (κ3) is 5.56. The normalized spacial score (nSPS) is 9.32. The topological polar surface area (TPSA) is 69.4 Å². The molecular formula is C11H13BrFNO4S. The zero-order valence-corrected chi connectivity index (χ0v) is 13.0. The van der Waals surface area contributed by atoms with Crippen LogP contribution in [0.3, 0.4) is 0 Å². The van der Waals surface area contributed by atoms with Crippen LogP contribution in [0.1, 0.15) is 13.8 Å². The van der Waals surface area contributed by atoms with Crippen molar-refractivity contribution in [2.45, 2.75) is 18.7 Å². The van der Waals surface area contributed by atoms with Crippen LogP contribution in [-0.2, 0) is 9.53 Å². The van der Waals surface area contributed by atoms with Gasteiger partial charge in [0, 0.05) is 10.5 Å². The number of nitrogens with zero attached hydrogens (tertiary/aromatic N) is 1. The lowest BCUT2D eigenvalue weighted by Gasteiger charge is -2.04. The third-order valence-electron chi connectivity index (χ3n) is 1.75. The fourth-order valence-electron chi connectivity index (χ4n) is 1.02. The van der Waals surface area contributed by atoms with Gasteiger partial charge in [0.05, 0.1) is 17.8 Å². The summed E-state index contributed by atoms with van der Waals surface area (Å²) in [5, 5.41) is 10.7. The number of carbonyl (C=O) groups is 1. The van der Waals surface area contributed by atoms with Gasteiger partial charge in [0.15, 0.2) is 0 Å². The molecule has 0 bridgehead atoms. The van der Waals surface area contributed by atoms with Crippen LogP contribution in [0.4, 0.5) is 10.1 Å². The summed E-state index contributed by atoms with van der Waals surface area (Å²) in [6.07, 6.45) is 0. The summed E-state index contributed by atoms with van der Waals surface area (Å²) in [6, 6.07) is 2.29. The van der Waals surface area contributed by atoms with Crippen molar-refractivity contribution in [3.8, 4) is 0 Å². The highest BCUT2D eigenvalue weighted by Gasteiger charge is 2.21. The molecule has 0 aliphatic heterocycles. The molecule has 0 saturated carbocycles. The van der Waals surface area contributed by atoms with Crippen molar-refractivity contribution in [2.75, 3.05) is 12.9 Å². The van der Waals surface area contributed by atoms with E-state index in [9.17, 15) is 19.3 Å². The van der Waals surface area contributed by atoms with Crippen LogP contribution in [0.2, 0.25) is 0 Å². The number of hydrogen-bond donors (Lipinski definition) is 0. The summed E-state index contributed by atoms with van der Waals surface area (Å²) in [7, 11) is 1.19. The van der Waals surface area contributed by atoms with Crippen molar-refractivity contribution < 1.29 is 18.8 Å². The summed E-state index contributed by atoms with van der Waals surface area (Å²) in [5.74, 6) is -1.51. The minimum atomic E-state index is -0.750. The molecule has 0 unspecified atom stereocenters. The van der Waals surface area contributed by atoms with Crippen molar-refractivity contribution in [2.24, 2.45) is 0 Å². The highest BCUT2D eigenvalue weighted by molar-refractivity contribution is 9.10. The molecule has 0 aliphatic carbocycles. The van der Waals surface area contributed by atoms with Crippen molar-refractivity contribution >= 4 is 39.3 Å². The first kappa shape index (κ1) is 17.8. The van der Waals surface area contributed by atoms with Crippen molar-refractivity contribution in [1.82, 2.24) is 0 Å². The lowest BCUT2D eigenvalue weighted by molar-refractivity contribution is -0.388. The van der Waals surface area contributed by atoms with E-state index in [2.05, 4.69) is 20.7 Å². The number of benzene rings is 1. The molecule has 0 amide bonds. The van der Waals surface area contributed by atoms with Crippen LogP contribution < -0.4 is 0 Å². The van der Waals surface area contributed by atoms with E-state index in [1.807, 2.05) is 13.8 Å². The molecule has 0 radical (unpaired) electrons. The minimum Gasteiger partial charge on any atom is -0.468 e. The van der Waals surface area contributed by atoms with E-state index in [1.54, 1.807) is 0 Å². The van der Waals surface area contributed by atoms with E-state index in [0.717, 1.165) is 17.8 Å². The number of halogens is 2. The molecule has 0 N–H and O–H groups in total. The maximum Gasteiger partial charge on any atom is 0.315 e. The molecule has 0 spiro atoms. The van der Waals surface area contributed by atoms with Gasteiger partial charge >= 0.3 is 5.97 Å². The Balaban J connectivity index is 0.00000154. The number of nitro groups is 1. The number of methoxy groups -OCH3 is 1. The average molecular weight is 354 g/mol. The summed E-state index contributed by atoms with van der Waals surface area (Å²) in [6.45, 7) is 4.00. The number of nitro benzene ring substituents is 1. The molecule has 19 heavy (non-hydrogen) atoms. The van der Waals surface area contributed by atoms with Gasteiger partial charge in [-0.3, -0.25) is 14.9 Å². The Kier molecular flexibility index (Phi) is 8.33. The molecule has 1 aromatic carbocycles. The second-order valence-corrected chi connectivity index (χ2v) is 4.76. The van der Waals surface area contributed by atoms with E-state index in [0.29, 0.717) is 0 Å². The van der Waals surface area contributed by atoms with Crippen LogP contribution in [-0.4, -0.2) is 23.8 Å². The second kappa shape index (κ2) is 8.87. The molecule has 1 aromatic rings. The molecule has 0 aromatic heterocycles. The van der Waals surface area contributed by atoms with E-state index >= 15 is 0 Å². The van der Waals surface area contributed by atoms with E-state index < -0.39 is 16.7 Å². The smallest absolute Gasteiger partial charge is 0.315 e. The molecule has 0 atom stereocenters. The first-order valence-corrected chi connectivity index (χ1v) is 7.06. The molecule has 0 fully saturated rings. The standard InChI is InChI=1S/C9H7BrFNO4S.C2H6/c1-16-8(13)4-17-9-6(11)2-5(10)3-7(9)12(14)15;1-2/h2-3H,4H2,1H3;1-2H3. The van der Waals surface area contributed by atoms with Gasteiger partial charge in [0.25, 0.3) is 5.69 Å². The second-order valence-electron chi connectivity index (χ2n) is 2.86. The maximum atomic E-state index is 13.5. The van der Waals surface area contributed by atoms with Gasteiger partial charge in [-0.15, -0.1) is 11.8 Å². The van der Waals surface area contributed by atoms with Gasteiger partial charge in [0.2, 0.25) is 0 Å². The number of thioether (sulfide) groups is 1. The SMILES string of the molecule is CC.COC(=O)CSc1c(F)cc(Br)cc1[N+](=O)[O-]. The zero-order chi connectivity index (χ0) is 15.0. The van der Waals surface area contributed by atoms with Crippen molar-refractivity contribution in [3.63, 3.8) is 0 Å². The Hall–Kier alpha value is -1.15. The quantitative estimate of drug-likeness (QED) is 0.356. The van der Waals surface area contributed by atoms with E-state index in [4.69, 9.17) is 0 Å². The minimum absolute atomic E-state index is 0.177. The molecule has 106 valence electrons. The molecule has 5 nitrogen and oxygen atoms in total. The number of hydrogen-bond acceptors (Lipinski definition) is 5. The maximum absolute atomic E-state index is 13.5. The van der Waals surface area contributed by atoms with E-state index in [-0.39, 0.29) is 20.8 Å². The van der Waals surface area contributed by atoms with Gasteiger partial charge in [-0.1, -0.05) is 29.8 Å². The first-order valence-electron chi connectivity index (χ1n) is 5.28. The van der Waals surface area contributed by atoms with Crippen molar-refractivity contribution in [1.29, 1.82) is 0 Å². The van der Waals surface area contributed by atoms with Gasteiger partial charge in [-0.2, -0.15) is 0 Å². The lowest BCUT2D eigenvalue weighted by Crippen LogP contribution is -2.04. The summed E-state index contributed by atoms with van der Waals surface area (Å²) >= 11 is 3.70. The highest BCUT2D eigenvalue weighted by atomic mass is 79.9. The largest absolute Gasteiger partial charge is 0.468 e. The summed E-state index contributed by atoms with van der Waals surface area (Å²) < 4.78 is 18.2. The molecule has 0 aliphatic rings. The van der Waals surface area contributed by atoms with Gasteiger partial charge < -0.3 is 4.74 Å². The highest BCUT2D eigenvalue weighted by Crippen LogP contribution is 2.34.